The average Bonchev–Trinajstić information content (AvgIpc) is 2.78. The normalized spacial score (nSPS) is 10.2. The van der Waals surface area contributed by atoms with E-state index in [-0.39, 0.29) is 35.8 Å². The van der Waals surface area contributed by atoms with Gasteiger partial charge in [0.1, 0.15) is 11.4 Å². The Kier molecular flexibility index (Phi) is 8.87. The van der Waals surface area contributed by atoms with E-state index in [0.717, 1.165) is 17.2 Å². The Hall–Kier alpha value is -3.29. The van der Waals surface area contributed by atoms with E-state index in [1.807, 2.05) is 24.3 Å². The molecule has 3 heterocycles. The second-order valence-electron chi connectivity index (χ2n) is 6.91. The molecule has 0 saturated heterocycles. The fourth-order valence-electron chi connectivity index (χ4n) is 3.29. The van der Waals surface area contributed by atoms with E-state index in [2.05, 4.69) is 15.0 Å². The lowest BCUT2D eigenvalue weighted by Gasteiger charge is -2.23. The third-order valence-corrected chi connectivity index (χ3v) is 4.90. The van der Waals surface area contributed by atoms with Crippen molar-refractivity contribution in [3.63, 3.8) is 0 Å². The molecule has 0 aliphatic heterocycles. The van der Waals surface area contributed by atoms with Gasteiger partial charge in [0.25, 0.3) is 5.91 Å². The van der Waals surface area contributed by atoms with Gasteiger partial charge >= 0.3 is 0 Å². The third-order valence-electron chi connectivity index (χ3n) is 4.90. The molecule has 0 spiro atoms. The third kappa shape index (κ3) is 5.69. The Labute approximate surface area is 196 Å². The van der Waals surface area contributed by atoms with Crippen LogP contribution < -0.4 is 5.43 Å². The minimum atomic E-state index is -0.524. The van der Waals surface area contributed by atoms with Crippen LogP contribution in [0.15, 0.2) is 78.2 Å². The van der Waals surface area contributed by atoms with Crippen molar-refractivity contribution in [1.82, 2.24) is 19.9 Å². The zero-order chi connectivity index (χ0) is 20.9. The Bertz CT molecular complexity index is 1240. The van der Waals surface area contributed by atoms with Gasteiger partial charge in [-0.2, -0.15) is 0 Å². The van der Waals surface area contributed by atoms with Gasteiger partial charge in [-0.05, 0) is 60.0 Å². The van der Waals surface area contributed by atoms with Gasteiger partial charge in [0.2, 0.25) is 5.43 Å². The van der Waals surface area contributed by atoms with Crippen LogP contribution in [0, 0.1) is 5.82 Å². The number of halogens is 3. The van der Waals surface area contributed by atoms with Crippen molar-refractivity contribution >= 4 is 41.6 Å². The minimum absolute atomic E-state index is 0. The summed E-state index contributed by atoms with van der Waals surface area (Å²) in [5, 5.41) is 0.152. The second kappa shape index (κ2) is 11.4. The number of rotatable bonds is 6. The number of nitrogens with one attached hydrogen (secondary N) is 1. The topological polar surface area (TPSA) is 79.0 Å². The largest absolute Gasteiger partial charge is 0.360 e. The standard InChI is InChI=1S/C23H19FN4O2.2ClH/c24-18-1-2-21-19(13-18)22(29)20(14-27-21)23(30)28(15-17-5-10-26-11-6-17)12-7-16-3-8-25-9-4-16;;/h1-6,8-11,13-14H,7,12,15H2,(H,27,29);2*1H. The molecule has 0 unspecified atom stereocenters. The molecule has 0 aliphatic rings. The lowest BCUT2D eigenvalue weighted by atomic mass is 10.1. The first-order valence-electron chi connectivity index (χ1n) is 9.50. The number of hydrogen-bond donors (Lipinski definition) is 1. The summed E-state index contributed by atoms with van der Waals surface area (Å²) in [5.41, 5.74) is 1.91. The quantitative estimate of drug-likeness (QED) is 0.454. The maximum Gasteiger partial charge on any atom is 0.259 e. The van der Waals surface area contributed by atoms with E-state index in [0.29, 0.717) is 25.0 Å². The summed E-state index contributed by atoms with van der Waals surface area (Å²) < 4.78 is 13.6. The number of pyridine rings is 3. The van der Waals surface area contributed by atoms with Crippen LogP contribution in [0.5, 0.6) is 0 Å². The van der Waals surface area contributed by atoms with E-state index >= 15 is 0 Å². The molecule has 3 aromatic heterocycles. The molecule has 1 amide bonds. The van der Waals surface area contributed by atoms with Crippen LogP contribution >= 0.6 is 24.8 Å². The smallest absolute Gasteiger partial charge is 0.259 e. The molecule has 0 fully saturated rings. The number of carbonyl (C=O) groups excluding carboxylic acids is 1. The van der Waals surface area contributed by atoms with Gasteiger partial charge in [0.15, 0.2) is 0 Å². The fraction of sp³-hybridized carbons (Fsp3) is 0.130. The molecule has 0 radical (unpaired) electrons. The van der Waals surface area contributed by atoms with Gasteiger partial charge < -0.3 is 9.88 Å². The van der Waals surface area contributed by atoms with Crippen LogP contribution in [0.2, 0.25) is 0 Å². The molecule has 0 aliphatic carbocycles. The SMILES string of the molecule is Cl.Cl.O=C(c1c[nH]c2ccc(F)cc2c1=O)N(CCc1ccncc1)Cc1ccncc1. The molecular formula is C23H21Cl2FN4O2. The highest BCUT2D eigenvalue weighted by Crippen LogP contribution is 2.13. The number of amides is 1. The number of aromatic amines is 1. The van der Waals surface area contributed by atoms with E-state index in [9.17, 15) is 14.0 Å². The van der Waals surface area contributed by atoms with Crippen LogP contribution in [0.4, 0.5) is 4.39 Å². The maximum absolute atomic E-state index is 13.6. The van der Waals surface area contributed by atoms with Gasteiger partial charge in [-0.15, -0.1) is 24.8 Å². The van der Waals surface area contributed by atoms with Gasteiger partial charge in [0.05, 0.1) is 0 Å². The van der Waals surface area contributed by atoms with E-state index in [1.165, 1.54) is 18.3 Å². The number of nitrogens with zero attached hydrogens (tertiary/aromatic N) is 3. The Morgan fingerprint density at radius 2 is 1.56 bits per heavy atom. The Morgan fingerprint density at radius 1 is 0.938 bits per heavy atom. The molecule has 0 bridgehead atoms. The molecule has 4 rings (SSSR count). The summed E-state index contributed by atoms with van der Waals surface area (Å²) in [5.74, 6) is -0.933. The molecule has 1 N–H and O–H groups in total. The summed E-state index contributed by atoms with van der Waals surface area (Å²) in [6, 6.07) is 11.3. The summed E-state index contributed by atoms with van der Waals surface area (Å²) in [6.07, 6.45) is 8.73. The number of benzene rings is 1. The minimum Gasteiger partial charge on any atom is -0.360 e. The number of hydrogen-bond acceptors (Lipinski definition) is 4. The van der Waals surface area contributed by atoms with Gasteiger partial charge in [-0.25, -0.2) is 4.39 Å². The molecule has 4 aromatic rings. The summed E-state index contributed by atoms with van der Waals surface area (Å²) in [6.45, 7) is 0.735. The first kappa shape index (κ1) is 25.0. The Balaban J connectivity index is 0.00000181. The average molecular weight is 475 g/mol. The molecule has 6 nitrogen and oxygen atoms in total. The second-order valence-corrected chi connectivity index (χ2v) is 6.91. The highest BCUT2D eigenvalue weighted by atomic mass is 35.5. The van der Waals surface area contributed by atoms with Crippen LogP contribution in [0.1, 0.15) is 21.5 Å². The first-order valence-corrected chi connectivity index (χ1v) is 9.50. The zero-order valence-corrected chi connectivity index (χ0v) is 18.5. The van der Waals surface area contributed by atoms with Crippen molar-refractivity contribution in [2.45, 2.75) is 13.0 Å². The zero-order valence-electron chi connectivity index (χ0n) is 16.9. The van der Waals surface area contributed by atoms with Crippen molar-refractivity contribution in [1.29, 1.82) is 0 Å². The molecule has 9 heteroatoms. The lowest BCUT2D eigenvalue weighted by molar-refractivity contribution is 0.0743. The molecule has 32 heavy (non-hydrogen) atoms. The Morgan fingerprint density at radius 3 is 2.22 bits per heavy atom. The maximum atomic E-state index is 13.6. The fourth-order valence-corrected chi connectivity index (χ4v) is 3.29. The van der Waals surface area contributed by atoms with E-state index < -0.39 is 17.2 Å². The molecule has 1 aromatic carbocycles. The van der Waals surface area contributed by atoms with Crippen LogP contribution in [0.25, 0.3) is 10.9 Å². The van der Waals surface area contributed by atoms with E-state index in [1.54, 1.807) is 29.7 Å². The van der Waals surface area contributed by atoms with Gasteiger partial charge in [0, 0.05) is 55.0 Å². The number of aromatic nitrogens is 3. The molecule has 166 valence electrons. The summed E-state index contributed by atoms with van der Waals surface area (Å²) in [4.78, 5) is 38.8. The number of carbonyl (C=O) groups is 1. The van der Waals surface area contributed by atoms with Gasteiger partial charge in [-0.3, -0.25) is 19.6 Å². The highest BCUT2D eigenvalue weighted by molar-refractivity contribution is 5.97. The van der Waals surface area contributed by atoms with Crippen LogP contribution in [-0.4, -0.2) is 32.3 Å². The van der Waals surface area contributed by atoms with Crippen LogP contribution in [-0.2, 0) is 13.0 Å². The molecule has 0 saturated carbocycles. The van der Waals surface area contributed by atoms with Crippen molar-refractivity contribution < 1.29 is 9.18 Å². The van der Waals surface area contributed by atoms with Crippen molar-refractivity contribution in [2.24, 2.45) is 0 Å². The van der Waals surface area contributed by atoms with Crippen molar-refractivity contribution in [2.75, 3.05) is 6.54 Å². The summed E-state index contributed by atoms with van der Waals surface area (Å²) >= 11 is 0. The predicted octanol–water partition coefficient (Wildman–Crippen LogP) is 4.19. The molecular weight excluding hydrogens is 454 g/mol. The van der Waals surface area contributed by atoms with Crippen molar-refractivity contribution in [3.05, 3.63) is 106 Å². The monoisotopic (exact) mass is 474 g/mol. The van der Waals surface area contributed by atoms with Crippen LogP contribution in [0.3, 0.4) is 0 Å². The molecule has 0 atom stereocenters. The number of H-pyrrole nitrogens is 1. The predicted molar refractivity (Wildman–Crippen MR) is 126 cm³/mol. The van der Waals surface area contributed by atoms with E-state index in [4.69, 9.17) is 0 Å². The first-order chi connectivity index (χ1) is 14.6. The van der Waals surface area contributed by atoms with Gasteiger partial charge in [-0.1, -0.05) is 0 Å². The number of fused-ring (bicyclic) bond motifs is 1. The lowest BCUT2D eigenvalue weighted by Crippen LogP contribution is -2.35. The highest BCUT2D eigenvalue weighted by Gasteiger charge is 2.20. The summed E-state index contributed by atoms with van der Waals surface area (Å²) in [7, 11) is 0. The van der Waals surface area contributed by atoms with Crippen molar-refractivity contribution in [3.8, 4) is 0 Å².